The fourth-order valence-corrected chi connectivity index (χ4v) is 6.28. The molecule has 0 aliphatic carbocycles. The second-order valence-corrected chi connectivity index (χ2v) is 11.8. The summed E-state index contributed by atoms with van der Waals surface area (Å²) in [7, 11) is -2.82. The maximum absolute atomic E-state index is 13.9. The average molecular weight is 570 g/mol. The Morgan fingerprint density at radius 3 is 2.33 bits per heavy atom. The highest BCUT2D eigenvalue weighted by Gasteiger charge is 2.30. The summed E-state index contributed by atoms with van der Waals surface area (Å²) in [5, 5.41) is 3.14. The highest BCUT2D eigenvalue weighted by molar-refractivity contribution is 7.93. The van der Waals surface area contributed by atoms with Gasteiger partial charge in [0.05, 0.1) is 19.2 Å². The number of likely N-dealkylation sites (tertiary alicyclic amines) is 1. The minimum atomic E-state index is -4.22. The number of nitrogens with zero attached hydrogens (tertiary/aromatic N) is 2. The van der Waals surface area contributed by atoms with Crippen molar-refractivity contribution in [3.05, 3.63) is 82.4 Å². The maximum Gasteiger partial charge on any atom is 0.268 e. The Hall–Kier alpha value is -3.56. The predicted molar refractivity (Wildman–Crippen MR) is 153 cm³/mol. The molecule has 3 aromatic carbocycles. The van der Waals surface area contributed by atoms with Crippen molar-refractivity contribution in [1.29, 1.82) is 0 Å². The number of ether oxygens (including phenoxy) is 1. The molecule has 1 N–H and O–H groups in total. The van der Waals surface area contributed by atoms with Crippen LogP contribution in [0, 0.1) is 13.8 Å². The first-order valence-electron chi connectivity index (χ1n) is 12.7. The lowest BCUT2D eigenvalue weighted by molar-refractivity contribution is -0.129. The Morgan fingerprint density at radius 1 is 1.00 bits per heavy atom. The van der Waals surface area contributed by atoms with E-state index in [0.29, 0.717) is 17.1 Å². The smallest absolute Gasteiger partial charge is 0.268 e. The van der Waals surface area contributed by atoms with E-state index in [1.54, 1.807) is 55.5 Å². The molecule has 39 heavy (non-hydrogen) atoms. The zero-order valence-electron chi connectivity index (χ0n) is 22.2. The van der Waals surface area contributed by atoms with Crippen molar-refractivity contribution in [3.8, 4) is 5.75 Å². The SMILES string of the molecule is COc1ccc(C)cc1S(=O)(=O)N(CC(=O)Nc1ccc(CC(=O)N2CCCC2)cc1)c1ccc(C)c(Cl)c1. The molecule has 1 aliphatic heterocycles. The molecule has 1 aliphatic rings. The van der Waals surface area contributed by atoms with Crippen LogP contribution in [-0.2, 0) is 26.0 Å². The van der Waals surface area contributed by atoms with Crippen molar-refractivity contribution in [2.75, 3.05) is 36.4 Å². The van der Waals surface area contributed by atoms with Crippen LogP contribution in [0.2, 0.25) is 5.02 Å². The molecule has 10 heteroatoms. The number of aryl methyl sites for hydroxylation is 2. The Balaban J connectivity index is 1.56. The van der Waals surface area contributed by atoms with E-state index < -0.39 is 22.5 Å². The summed E-state index contributed by atoms with van der Waals surface area (Å²) in [4.78, 5) is 27.4. The fraction of sp³-hybridized carbons (Fsp3) is 0.310. The van der Waals surface area contributed by atoms with Gasteiger partial charge in [-0.1, -0.05) is 35.9 Å². The minimum Gasteiger partial charge on any atom is -0.495 e. The van der Waals surface area contributed by atoms with Gasteiger partial charge in [0, 0.05) is 23.8 Å². The van der Waals surface area contributed by atoms with Crippen LogP contribution >= 0.6 is 11.6 Å². The van der Waals surface area contributed by atoms with Gasteiger partial charge >= 0.3 is 0 Å². The maximum atomic E-state index is 13.9. The Morgan fingerprint density at radius 2 is 1.69 bits per heavy atom. The van der Waals surface area contributed by atoms with Gasteiger partial charge in [0.2, 0.25) is 11.8 Å². The van der Waals surface area contributed by atoms with Crippen LogP contribution in [0.25, 0.3) is 0 Å². The Bertz CT molecular complexity index is 1470. The zero-order chi connectivity index (χ0) is 28.2. The fourth-order valence-electron chi connectivity index (χ4n) is 4.45. The number of amides is 2. The second kappa shape index (κ2) is 12.1. The average Bonchev–Trinajstić information content (AvgIpc) is 3.45. The number of methoxy groups -OCH3 is 1. The number of carbonyl (C=O) groups excluding carboxylic acids is 2. The molecular formula is C29H32ClN3O5S. The van der Waals surface area contributed by atoms with E-state index in [9.17, 15) is 18.0 Å². The van der Waals surface area contributed by atoms with Crippen LogP contribution in [0.5, 0.6) is 5.75 Å². The van der Waals surface area contributed by atoms with Crippen LogP contribution in [0.4, 0.5) is 11.4 Å². The third-order valence-corrected chi connectivity index (χ3v) is 8.87. The molecule has 1 fully saturated rings. The van der Waals surface area contributed by atoms with Gasteiger partial charge in [-0.15, -0.1) is 0 Å². The second-order valence-electron chi connectivity index (χ2n) is 9.61. The van der Waals surface area contributed by atoms with Crippen molar-refractivity contribution in [3.63, 3.8) is 0 Å². The third kappa shape index (κ3) is 6.72. The summed E-state index contributed by atoms with van der Waals surface area (Å²) in [6, 6.07) is 16.7. The normalized spacial score (nSPS) is 13.3. The Kier molecular flexibility index (Phi) is 8.82. The molecule has 0 radical (unpaired) electrons. The molecule has 0 saturated carbocycles. The van der Waals surface area contributed by atoms with E-state index in [2.05, 4.69) is 5.32 Å². The quantitative estimate of drug-likeness (QED) is 0.393. The van der Waals surface area contributed by atoms with Gasteiger partial charge in [0.1, 0.15) is 17.2 Å². The first kappa shape index (κ1) is 28.4. The van der Waals surface area contributed by atoms with Crippen LogP contribution in [-0.4, -0.2) is 51.9 Å². The van der Waals surface area contributed by atoms with E-state index in [-0.39, 0.29) is 22.2 Å². The lowest BCUT2D eigenvalue weighted by Crippen LogP contribution is -2.38. The molecule has 8 nitrogen and oxygen atoms in total. The number of nitrogens with one attached hydrogen (secondary N) is 1. The lowest BCUT2D eigenvalue weighted by Gasteiger charge is -2.25. The molecule has 1 heterocycles. The van der Waals surface area contributed by atoms with E-state index in [4.69, 9.17) is 16.3 Å². The number of rotatable bonds is 9. The monoisotopic (exact) mass is 569 g/mol. The predicted octanol–water partition coefficient (Wildman–Crippen LogP) is 4.96. The first-order chi connectivity index (χ1) is 18.6. The van der Waals surface area contributed by atoms with Crippen LogP contribution in [0.1, 0.15) is 29.5 Å². The van der Waals surface area contributed by atoms with Crippen molar-refractivity contribution in [2.45, 2.75) is 38.0 Å². The van der Waals surface area contributed by atoms with Gasteiger partial charge in [0.25, 0.3) is 10.0 Å². The van der Waals surface area contributed by atoms with Gasteiger partial charge in [-0.2, -0.15) is 0 Å². The molecule has 4 rings (SSSR count). The van der Waals surface area contributed by atoms with Crippen LogP contribution < -0.4 is 14.4 Å². The molecule has 0 bridgehead atoms. The first-order valence-corrected chi connectivity index (χ1v) is 14.5. The highest BCUT2D eigenvalue weighted by atomic mass is 35.5. The Labute approximate surface area is 234 Å². The standard InChI is InChI=1S/C29H32ClN3O5S/c1-20-6-13-26(38-3)27(16-20)39(36,37)33(24-12-7-21(2)25(30)18-24)19-28(34)31-23-10-8-22(9-11-23)17-29(35)32-14-4-5-15-32/h6-13,16,18H,4-5,14-15,17,19H2,1-3H3,(H,31,34). The number of sulfonamides is 1. The van der Waals surface area contributed by atoms with Crippen molar-refractivity contribution in [2.24, 2.45) is 0 Å². The van der Waals surface area contributed by atoms with Crippen molar-refractivity contribution in [1.82, 2.24) is 4.90 Å². The van der Waals surface area contributed by atoms with Crippen molar-refractivity contribution >= 4 is 44.8 Å². The van der Waals surface area contributed by atoms with Gasteiger partial charge in [-0.3, -0.25) is 13.9 Å². The van der Waals surface area contributed by atoms with E-state index in [0.717, 1.165) is 46.9 Å². The van der Waals surface area contributed by atoms with Gasteiger partial charge in [0.15, 0.2) is 0 Å². The number of anilines is 2. The molecule has 3 aromatic rings. The number of halogens is 1. The molecule has 0 aromatic heterocycles. The highest BCUT2D eigenvalue weighted by Crippen LogP contribution is 2.32. The van der Waals surface area contributed by atoms with Crippen molar-refractivity contribution < 1.29 is 22.7 Å². The summed E-state index contributed by atoms with van der Waals surface area (Å²) >= 11 is 6.32. The molecule has 0 unspecified atom stereocenters. The van der Waals surface area contributed by atoms with Crippen LogP contribution in [0.3, 0.4) is 0 Å². The molecule has 206 valence electrons. The minimum absolute atomic E-state index is 0.0541. The largest absolute Gasteiger partial charge is 0.495 e. The summed E-state index contributed by atoms with van der Waals surface area (Å²) in [5.74, 6) is -0.278. The molecule has 2 amide bonds. The number of benzene rings is 3. The van der Waals surface area contributed by atoms with E-state index >= 15 is 0 Å². The van der Waals surface area contributed by atoms with E-state index in [1.165, 1.54) is 19.2 Å². The molecule has 1 saturated heterocycles. The molecule has 0 spiro atoms. The summed E-state index contributed by atoms with van der Waals surface area (Å²) in [5.41, 5.74) is 3.09. The van der Waals surface area contributed by atoms with Gasteiger partial charge in [-0.05, 0) is 79.8 Å². The number of hydrogen-bond acceptors (Lipinski definition) is 5. The van der Waals surface area contributed by atoms with E-state index in [1.807, 2.05) is 11.8 Å². The number of hydrogen-bond donors (Lipinski definition) is 1. The van der Waals surface area contributed by atoms with Gasteiger partial charge in [-0.25, -0.2) is 8.42 Å². The van der Waals surface area contributed by atoms with Crippen LogP contribution in [0.15, 0.2) is 65.6 Å². The molecule has 0 atom stereocenters. The topological polar surface area (TPSA) is 96.0 Å². The molecular weight excluding hydrogens is 538 g/mol. The zero-order valence-corrected chi connectivity index (χ0v) is 23.8. The third-order valence-electron chi connectivity index (χ3n) is 6.67. The summed E-state index contributed by atoms with van der Waals surface area (Å²) in [6.45, 7) is 4.69. The summed E-state index contributed by atoms with van der Waals surface area (Å²) < 4.78 is 34.1. The summed E-state index contributed by atoms with van der Waals surface area (Å²) in [6.07, 6.45) is 2.37. The van der Waals surface area contributed by atoms with Gasteiger partial charge < -0.3 is 15.0 Å². The lowest BCUT2D eigenvalue weighted by atomic mass is 10.1. The number of carbonyl (C=O) groups is 2.